The first-order valence-electron chi connectivity index (χ1n) is 12.4. The highest BCUT2D eigenvalue weighted by Crippen LogP contribution is 2.10. The smallest absolute Gasteiger partial charge is 0.305 e. The van der Waals surface area contributed by atoms with Crippen molar-refractivity contribution in [3.63, 3.8) is 0 Å². The summed E-state index contributed by atoms with van der Waals surface area (Å²) < 4.78 is 4.62. The number of methoxy groups -OCH3 is 1. The van der Waals surface area contributed by atoms with Gasteiger partial charge in [0.25, 0.3) is 0 Å². The minimum atomic E-state index is -0.0763. The third-order valence-electron chi connectivity index (χ3n) is 5.08. The van der Waals surface area contributed by atoms with Crippen LogP contribution < -0.4 is 0 Å². The zero-order valence-electron chi connectivity index (χ0n) is 19.9. The number of esters is 1. The van der Waals surface area contributed by atoms with E-state index in [0.717, 1.165) is 12.8 Å². The van der Waals surface area contributed by atoms with Crippen molar-refractivity contribution in [2.45, 2.75) is 143 Å². The predicted molar refractivity (Wildman–Crippen MR) is 126 cm³/mol. The van der Waals surface area contributed by atoms with Gasteiger partial charge in [0, 0.05) is 6.42 Å². The summed E-state index contributed by atoms with van der Waals surface area (Å²) in [4.78, 5) is 10.9. The normalized spacial score (nSPS) is 10.7. The Hall–Kier alpha value is -0.790. The van der Waals surface area contributed by atoms with Gasteiger partial charge in [-0.3, -0.25) is 4.79 Å². The van der Waals surface area contributed by atoms with Crippen LogP contribution in [-0.4, -0.2) is 13.1 Å². The van der Waals surface area contributed by atoms with E-state index in [1.807, 2.05) is 0 Å². The Morgan fingerprint density at radius 3 is 1.36 bits per heavy atom. The van der Waals surface area contributed by atoms with Gasteiger partial charge in [0.2, 0.25) is 0 Å². The molecule has 0 aromatic rings. The number of ether oxygens (including phenoxy) is 1. The fourth-order valence-corrected chi connectivity index (χ4v) is 3.12. The zero-order chi connectivity index (χ0) is 21.1. The van der Waals surface area contributed by atoms with Gasteiger partial charge in [0.1, 0.15) is 0 Å². The molecule has 2 nitrogen and oxygen atoms in total. The molecular formula is C26H52O2. The van der Waals surface area contributed by atoms with Gasteiger partial charge in [0.05, 0.1) is 7.11 Å². The highest BCUT2D eigenvalue weighted by molar-refractivity contribution is 5.68. The molecule has 0 saturated carbocycles. The molecule has 0 aromatic carbocycles. The Morgan fingerprint density at radius 1 is 0.571 bits per heavy atom. The first-order chi connectivity index (χ1) is 13.7. The van der Waals surface area contributed by atoms with Gasteiger partial charge in [-0.05, 0) is 32.1 Å². The molecule has 0 saturated heterocycles. The molecule has 0 amide bonds. The molecule has 0 fully saturated rings. The highest BCUT2D eigenvalue weighted by atomic mass is 16.5. The minimum absolute atomic E-state index is 0.0763. The SMILES string of the molecule is CCCCCCC.CCCCCCCC/C=C\CCCCCCCC(=O)OC. The van der Waals surface area contributed by atoms with Crippen LogP contribution >= 0.6 is 0 Å². The van der Waals surface area contributed by atoms with Crippen molar-refractivity contribution >= 4 is 5.97 Å². The van der Waals surface area contributed by atoms with E-state index in [-0.39, 0.29) is 5.97 Å². The van der Waals surface area contributed by atoms with Crippen LogP contribution in [0.2, 0.25) is 0 Å². The number of allylic oxidation sites excluding steroid dienone is 2. The molecular weight excluding hydrogens is 344 g/mol. The van der Waals surface area contributed by atoms with Crippen molar-refractivity contribution in [3.8, 4) is 0 Å². The van der Waals surface area contributed by atoms with Crippen LogP contribution in [0, 0.1) is 0 Å². The monoisotopic (exact) mass is 396 g/mol. The largest absolute Gasteiger partial charge is 0.469 e. The molecule has 0 aromatic heterocycles. The van der Waals surface area contributed by atoms with E-state index in [9.17, 15) is 4.79 Å². The first kappa shape index (κ1) is 29.4. The van der Waals surface area contributed by atoms with Crippen LogP contribution in [0.4, 0.5) is 0 Å². The minimum Gasteiger partial charge on any atom is -0.469 e. The second kappa shape index (κ2) is 28.4. The van der Waals surface area contributed by atoms with Gasteiger partial charge in [0.15, 0.2) is 0 Å². The summed E-state index contributed by atoms with van der Waals surface area (Å²) in [7, 11) is 1.46. The summed E-state index contributed by atoms with van der Waals surface area (Å²) in [5, 5.41) is 0. The molecule has 0 rings (SSSR count). The Kier molecular flexibility index (Phi) is 29.9. The van der Waals surface area contributed by atoms with Crippen LogP contribution in [0.5, 0.6) is 0 Å². The van der Waals surface area contributed by atoms with E-state index in [0.29, 0.717) is 6.42 Å². The predicted octanol–water partition coefficient (Wildman–Crippen LogP) is 9.17. The van der Waals surface area contributed by atoms with Crippen LogP contribution in [0.15, 0.2) is 12.2 Å². The first-order valence-corrected chi connectivity index (χ1v) is 12.4. The molecule has 0 atom stereocenters. The lowest BCUT2D eigenvalue weighted by Crippen LogP contribution is -1.98. The molecule has 0 N–H and O–H groups in total. The van der Waals surface area contributed by atoms with Gasteiger partial charge in [-0.1, -0.05) is 116 Å². The van der Waals surface area contributed by atoms with Gasteiger partial charge in [-0.25, -0.2) is 0 Å². The van der Waals surface area contributed by atoms with Gasteiger partial charge in [-0.2, -0.15) is 0 Å². The van der Waals surface area contributed by atoms with Crippen LogP contribution in [-0.2, 0) is 9.53 Å². The summed E-state index contributed by atoms with van der Waals surface area (Å²) in [6.45, 7) is 6.76. The number of hydrogen-bond acceptors (Lipinski definition) is 2. The van der Waals surface area contributed by atoms with Crippen LogP contribution in [0.1, 0.15) is 143 Å². The number of rotatable bonds is 19. The van der Waals surface area contributed by atoms with Gasteiger partial charge in [-0.15, -0.1) is 0 Å². The molecule has 0 aliphatic rings. The molecule has 0 unspecified atom stereocenters. The quantitative estimate of drug-likeness (QED) is 0.123. The van der Waals surface area contributed by atoms with Crippen LogP contribution in [0.3, 0.4) is 0 Å². The van der Waals surface area contributed by atoms with E-state index in [1.54, 1.807) is 0 Å². The van der Waals surface area contributed by atoms with E-state index >= 15 is 0 Å². The highest BCUT2D eigenvalue weighted by Gasteiger charge is 1.98. The lowest BCUT2D eigenvalue weighted by molar-refractivity contribution is -0.140. The average molecular weight is 397 g/mol. The standard InChI is InChI=1S/C19H36O2.C7H16/c1-3-4-5-6-7-8-9-10-11-12-13-14-15-16-17-18-19(20)21-2;1-3-5-7-6-4-2/h10-11H,3-9,12-18H2,1-2H3;3-7H2,1-2H3/b11-10-;. The zero-order valence-corrected chi connectivity index (χ0v) is 19.9. The molecule has 2 heteroatoms. The van der Waals surface area contributed by atoms with Crippen molar-refractivity contribution in [1.29, 1.82) is 0 Å². The lowest BCUT2D eigenvalue weighted by Gasteiger charge is -2.00. The third-order valence-corrected chi connectivity index (χ3v) is 5.08. The molecule has 0 radical (unpaired) electrons. The van der Waals surface area contributed by atoms with Crippen molar-refractivity contribution in [2.75, 3.05) is 7.11 Å². The van der Waals surface area contributed by atoms with E-state index in [4.69, 9.17) is 0 Å². The summed E-state index contributed by atoms with van der Waals surface area (Å²) in [6, 6.07) is 0. The second-order valence-corrected chi connectivity index (χ2v) is 7.97. The average Bonchev–Trinajstić information content (AvgIpc) is 2.71. The van der Waals surface area contributed by atoms with Crippen LogP contribution in [0.25, 0.3) is 0 Å². The van der Waals surface area contributed by atoms with Crippen molar-refractivity contribution in [3.05, 3.63) is 12.2 Å². The van der Waals surface area contributed by atoms with Crippen molar-refractivity contribution < 1.29 is 9.53 Å². The van der Waals surface area contributed by atoms with Gasteiger partial charge < -0.3 is 4.74 Å². The topological polar surface area (TPSA) is 26.3 Å². The third kappa shape index (κ3) is 30.0. The van der Waals surface area contributed by atoms with Crippen molar-refractivity contribution in [1.82, 2.24) is 0 Å². The molecule has 28 heavy (non-hydrogen) atoms. The summed E-state index contributed by atoms with van der Waals surface area (Å²) in [5.74, 6) is -0.0763. The molecule has 0 bridgehead atoms. The number of unbranched alkanes of at least 4 members (excludes halogenated alkanes) is 15. The maximum absolute atomic E-state index is 10.9. The van der Waals surface area contributed by atoms with Gasteiger partial charge >= 0.3 is 5.97 Å². The maximum Gasteiger partial charge on any atom is 0.305 e. The summed E-state index contributed by atoms with van der Waals surface area (Å²) in [6.07, 6.45) is 29.0. The number of hydrogen-bond donors (Lipinski definition) is 0. The molecule has 0 heterocycles. The molecule has 0 aliphatic heterocycles. The van der Waals surface area contributed by atoms with E-state index < -0.39 is 0 Å². The molecule has 0 spiro atoms. The van der Waals surface area contributed by atoms with E-state index in [2.05, 4.69) is 37.7 Å². The summed E-state index contributed by atoms with van der Waals surface area (Å²) in [5.41, 5.74) is 0. The lowest BCUT2D eigenvalue weighted by atomic mass is 10.1. The molecule has 168 valence electrons. The Morgan fingerprint density at radius 2 is 0.929 bits per heavy atom. The molecule has 0 aliphatic carbocycles. The van der Waals surface area contributed by atoms with E-state index in [1.165, 1.54) is 110 Å². The maximum atomic E-state index is 10.9. The fourth-order valence-electron chi connectivity index (χ4n) is 3.12. The Balaban J connectivity index is 0. The number of carbonyl (C=O) groups is 1. The number of carbonyl (C=O) groups excluding carboxylic acids is 1. The Labute approximate surface area is 177 Å². The van der Waals surface area contributed by atoms with Crippen molar-refractivity contribution in [2.24, 2.45) is 0 Å². The Bertz CT molecular complexity index is 306. The second-order valence-electron chi connectivity index (χ2n) is 7.97. The fraction of sp³-hybridized carbons (Fsp3) is 0.885. The summed E-state index contributed by atoms with van der Waals surface area (Å²) >= 11 is 0.